The Bertz CT molecular complexity index is 882. The second-order valence-corrected chi connectivity index (χ2v) is 11.0. The summed E-state index contributed by atoms with van der Waals surface area (Å²) in [7, 11) is 0. The number of epoxide rings is 2. The van der Waals surface area contributed by atoms with Gasteiger partial charge < -0.3 is 19.7 Å². The van der Waals surface area contributed by atoms with E-state index in [-0.39, 0.29) is 29.6 Å². The SMILES string of the molecule is CC(c1ccc(O)cc1)(c1c(Br)c(Br)c(O)c(Br)c1Br)C(CC1CO1)CC1CO1. The van der Waals surface area contributed by atoms with Crippen molar-refractivity contribution in [3.63, 3.8) is 0 Å². The van der Waals surface area contributed by atoms with Crippen LogP contribution in [0, 0.1) is 5.92 Å². The van der Waals surface area contributed by atoms with E-state index in [0.29, 0.717) is 8.95 Å². The minimum absolute atomic E-state index is 0.133. The lowest BCUT2D eigenvalue weighted by molar-refractivity contribution is 0.239. The molecular formula is C21H20Br4O4. The maximum Gasteiger partial charge on any atom is 0.146 e. The van der Waals surface area contributed by atoms with Crippen LogP contribution < -0.4 is 0 Å². The minimum Gasteiger partial charge on any atom is -0.508 e. The van der Waals surface area contributed by atoms with E-state index < -0.39 is 5.41 Å². The molecule has 0 amide bonds. The van der Waals surface area contributed by atoms with Gasteiger partial charge in [-0.25, -0.2) is 0 Å². The van der Waals surface area contributed by atoms with Crippen molar-refractivity contribution in [2.45, 2.75) is 37.4 Å². The highest BCUT2D eigenvalue weighted by atomic mass is 79.9. The maximum absolute atomic E-state index is 10.5. The predicted molar refractivity (Wildman–Crippen MR) is 126 cm³/mol. The average molecular weight is 656 g/mol. The van der Waals surface area contributed by atoms with Crippen LogP contribution in [0.3, 0.4) is 0 Å². The summed E-state index contributed by atoms with van der Waals surface area (Å²) >= 11 is 14.5. The standard InChI is InChI=1S/C21H20Br4O4/c1-21(10-2-4-12(26)5-3-10,11(6-13-8-28-13)7-14-9-29-14)15-16(22)18(24)20(27)19(25)17(15)23/h2-5,11,13-14,26-27H,6-9H2,1H3. The van der Waals surface area contributed by atoms with Gasteiger partial charge in [-0.15, -0.1) is 0 Å². The molecule has 2 aromatic carbocycles. The third kappa shape index (κ3) is 4.30. The number of aromatic hydroxyl groups is 2. The first kappa shape index (κ1) is 22.1. The Kier molecular flexibility index (Phi) is 6.42. The van der Waals surface area contributed by atoms with E-state index in [0.717, 1.165) is 46.1 Å². The summed E-state index contributed by atoms with van der Waals surface area (Å²) in [6.45, 7) is 3.80. The molecule has 2 aromatic rings. The van der Waals surface area contributed by atoms with Crippen LogP contribution in [-0.4, -0.2) is 35.6 Å². The van der Waals surface area contributed by atoms with Crippen LogP contribution >= 0.6 is 63.7 Å². The molecule has 0 radical (unpaired) electrons. The van der Waals surface area contributed by atoms with E-state index in [4.69, 9.17) is 9.47 Å². The second-order valence-electron chi connectivity index (χ2n) is 7.81. The van der Waals surface area contributed by atoms with Gasteiger partial charge in [0.2, 0.25) is 0 Å². The van der Waals surface area contributed by atoms with Crippen LogP contribution in [0.15, 0.2) is 42.2 Å². The van der Waals surface area contributed by atoms with E-state index in [1.807, 2.05) is 12.1 Å². The first-order valence-corrected chi connectivity index (χ1v) is 12.5. The predicted octanol–water partition coefficient (Wildman–Crippen LogP) is 6.65. The fourth-order valence-electron chi connectivity index (χ4n) is 4.08. The molecule has 0 saturated carbocycles. The van der Waals surface area contributed by atoms with Gasteiger partial charge in [-0.1, -0.05) is 19.1 Å². The molecule has 29 heavy (non-hydrogen) atoms. The molecule has 4 nitrogen and oxygen atoms in total. The van der Waals surface area contributed by atoms with Crippen molar-refractivity contribution in [2.24, 2.45) is 5.92 Å². The fourth-order valence-corrected chi connectivity index (χ4v) is 7.00. The van der Waals surface area contributed by atoms with E-state index in [2.05, 4.69) is 70.6 Å². The number of phenolic OH excluding ortho intramolecular Hbond substituents is 2. The zero-order chi connectivity index (χ0) is 20.9. The quantitative estimate of drug-likeness (QED) is 0.259. The molecule has 2 aliphatic heterocycles. The lowest BCUT2D eigenvalue weighted by Crippen LogP contribution is -2.36. The first-order valence-electron chi connectivity index (χ1n) is 9.31. The summed E-state index contributed by atoms with van der Waals surface area (Å²) in [5.74, 6) is 0.589. The minimum atomic E-state index is -0.442. The third-order valence-electron chi connectivity index (χ3n) is 5.94. The van der Waals surface area contributed by atoms with E-state index >= 15 is 0 Å². The number of halogens is 4. The van der Waals surface area contributed by atoms with Gasteiger partial charge in [0, 0.05) is 14.4 Å². The summed E-state index contributed by atoms with van der Waals surface area (Å²) in [5, 5.41) is 20.4. The molecule has 0 bridgehead atoms. The van der Waals surface area contributed by atoms with Crippen LogP contribution in [0.25, 0.3) is 0 Å². The van der Waals surface area contributed by atoms with Gasteiger partial charge >= 0.3 is 0 Å². The highest BCUT2D eigenvalue weighted by Crippen LogP contribution is 2.55. The lowest BCUT2D eigenvalue weighted by atomic mass is 9.64. The van der Waals surface area contributed by atoms with Crippen LogP contribution in [-0.2, 0) is 14.9 Å². The third-order valence-corrected chi connectivity index (χ3v) is 10.1. The number of phenols is 2. The summed E-state index contributed by atoms with van der Waals surface area (Å²) < 4.78 is 14.0. The second kappa shape index (κ2) is 8.43. The smallest absolute Gasteiger partial charge is 0.146 e. The van der Waals surface area contributed by atoms with Gasteiger partial charge in [0.15, 0.2) is 0 Å². The summed E-state index contributed by atoms with van der Waals surface area (Å²) in [6, 6.07) is 7.38. The first-order chi connectivity index (χ1) is 13.7. The number of benzene rings is 2. The molecule has 0 aliphatic carbocycles. The van der Waals surface area contributed by atoms with Crippen molar-refractivity contribution in [3.05, 3.63) is 53.3 Å². The zero-order valence-electron chi connectivity index (χ0n) is 15.6. The Morgan fingerprint density at radius 3 is 1.76 bits per heavy atom. The summed E-state index contributed by atoms with van der Waals surface area (Å²) in [5.41, 5.74) is 1.65. The Morgan fingerprint density at radius 1 is 0.897 bits per heavy atom. The molecule has 2 N–H and O–H groups in total. The molecule has 2 heterocycles. The topological polar surface area (TPSA) is 65.5 Å². The molecular weight excluding hydrogens is 636 g/mol. The number of ether oxygens (including phenoxy) is 2. The number of rotatable bonds is 7. The summed E-state index contributed by atoms with van der Waals surface area (Å²) in [4.78, 5) is 0. The Hall–Kier alpha value is -0.120. The van der Waals surface area contributed by atoms with Crippen molar-refractivity contribution in [1.82, 2.24) is 0 Å². The van der Waals surface area contributed by atoms with Gasteiger partial charge in [0.25, 0.3) is 0 Å². The molecule has 3 atom stereocenters. The number of hydrogen-bond donors (Lipinski definition) is 2. The van der Waals surface area contributed by atoms with Crippen molar-refractivity contribution in [2.75, 3.05) is 13.2 Å². The molecule has 8 heteroatoms. The highest BCUT2D eigenvalue weighted by Gasteiger charge is 2.46. The normalized spacial score (nSPS) is 23.5. The summed E-state index contributed by atoms with van der Waals surface area (Å²) in [6.07, 6.45) is 2.34. The molecule has 2 saturated heterocycles. The van der Waals surface area contributed by atoms with Gasteiger partial charge in [-0.2, -0.15) is 0 Å². The maximum atomic E-state index is 10.5. The van der Waals surface area contributed by atoms with Crippen LogP contribution in [0.1, 0.15) is 30.9 Å². The van der Waals surface area contributed by atoms with Gasteiger partial charge in [-0.05, 0) is 106 Å². The molecule has 156 valence electrons. The molecule has 4 rings (SSSR count). The molecule has 3 unspecified atom stereocenters. The molecule has 2 aliphatic rings. The van der Waals surface area contributed by atoms with Gasteiger partial charge in [-0.3, -0.25) is 0 Å². The van der Waals surface area contributed by atoms with Crippen molar-refractivity contribution >= 4 is 63.7 Å². The lowest BCUT2D eigenvalue weighted by Gasteiger charge is -2.41. The highest BCUT2D eigenvalue weighted by molar-refractivity contribution is 9.14. The fraction of sp³-hybridized carbons (Fsp3) is 0.429. The zero-order valence-corrected chi connectivity index (χ0v) is 21.9. The van der Waals surface area contributed by atoms with Gasteiger partial charge in [0.1, 0.15) is 11.5 Å². The Balaban J connectivity index is 1.94. The largest absolute Gasteiger partial charge is 0.508 e. The van der Waals surface area contributed by atoms with Crippen LogP contribution in [0.4, 0.5) is 0 Å². The number of hydrogen-bond acceptors (Lipinski definition) is 4. The van der Waals surface area contributed by atoms with E-state index in [1.54, 1.807) is 12.1 Å². The molecule has 2 fully saturated rings. The Labute approximate surface area is 203 Å². The molecule has 0 spiro atoms. The average Bonchev–Trinajstić information content (AvgIpc) is 3.61. The van der Waals surface area contributed by atoms with Crippen molar-refractivity contribution in [3.8, 4) is 11.5 Å². The van der Waals surface area contributed by atoms with E-state index in [9.17, 15) is 10.2 Å². The van der Waals surface area contributed by atoms with E-state index in [1.165, 1.54) is 0 Å². The van der Waals surface area contributed by atoms with Crippen LogP contribution in [0.5, 0.6) is 11.5 Å². The van der Waals surface area contributed by atoms with Gasteiger partial charge in [0.05, 0.1) is 34.4 Å². The Morgan fingerprint density at radius 2 is 1.34 bits per heavy atom. The van der Waals surface area contributed by atoms with Crippen LogP contribution in [0.2, 0.25) is 0 Å². The van der Waals surface area contributed by atoms with Crippen molar-refractivity contribution in [1.29, 1.82) is 0 Å². The monoisotopic (exact) mass is 652 g/mol. The van der Waals surface area contributed by atoms with Crippen molar-refractivity contribution < 1.29 is 19.7 Å². The molecule has 0 aromatic heterocycles.